The summed E-state index contributed by atoms with van der Waals surface area (Å²) in [6.07, 6.45) is 6.76. The van der Waals surface area contributed by atoms with E-state index in [2.05, 4.69) is 188 Å². The van der Waals surface area contributed by atoms with Gasteiger partial charge in [-0.1, -0.05) is 98.8 Å². The predicted molar refractivity (Wildman–Crippen MR) is 214 cm³/mol. The molecule has 0 N–H and O–H groups in total. The maximum Gasteiger partial charge on any atom is 0.102 e. The van der Waals surface area contributed by atoms with Crippen molar-refractivity contribution in [2.75, 3.05) is 16.1 Å². The molecule has 0 aliphatic carbocycles. The van der Waals surface area contributed by atoms with E-state index >= 15 is 0 Å². The zero-order valence-electron chi connectivity index (χ0n) is 27.6. The molecule has 0 saturated carbocycles. The van der Waals surface area contributed by atoms with Crippen molar-refractivity contribution in [3.63, 3.8) is 0 Å². The third-order valence-electron chi connectivity index (χ3n) is 9.54. The van der Waals surface area contributed by atoms with E-state index in [9.17, 15) is 0 Å². The number of hydrogen-bond acceptors (Lipinski definition) is 4. The van der Waals surface area contributed by atoms with E-state index in [0.717, 1.165) is 5.69 Å². The maximum absolute atomic E-state index is 2.51. The lowest BCUT2D eigenvalue weighted by molar-refractivity contribution is 1.08. The smallest absolute Gasteiger partial charge is 0.102 e. The third kappa shape index (κ3) is 5.09. The Kier molecular flexibility index (Phi) is 8.00. The molecule has 3 heterocycles. The number of allylic oxidation sites excluding steroid dienone is 1. The van der Waals surface area contributed by atoms with Crippen molar-refractivity contribution >= 4 is 71.2 Å². The van der Waals surface area contributed by atoms with Crippen LogP contribution in [0.4, 0.5) is 27.8 Å². The Morgan fingerprint density at radius 1 is 0.646 bits per heavy atom. The van der Waals surface area contributed by atoms with Gasteiger partial charge in [-0.3, -0.25) is 0 Å². The minimum atomic E-state index is -1.07. The van der Waals surface area contributed by atoms with Gasteiger partial charge < -0.3 is 9.80 Å². The normalized spacial score (nSPS) is 16.6. The SMILES string of the molecule is C/C=C/N(c1ccc(-c2ccc(N(c3ccccc3)c3cc4c(s3)-c3sccc3S4(C)C(C)C)cc2)cc1)c1cccc2ccccc12. The van der Waals surface area contributed by atoms with Crippen LogP contribution in [0.2, 0.25) is 0 Å². The molecule has 238 valence electrons. The first-order valence-electron chi connectivity index (χ1n) is 16.4. The molecule has 2 aromatic heterocycles. The summed E-state index contributed by atoms with van der Waals surface area (Å²) < 4.78 is 0. The molecule has 48 heavy (non-hydrogen) atoms. The highest BCUT2D eigenvalue weighted by Gasteiger charge is 2.41. The molecular formula is C43H38N2S3. The standard InChI is InChI=1S/C43H38N2S3/c1-5-27-44(38-17-11-13-33-12-9-10-16-37(33)38)34-22-18-31(19-23-34)32-20-24-36(25-21-32)45(35-14-7-6-8-15-35)41-29-40-43(47-41)42-39(26-28-46-42)48(40,4)30(2)3/h5-30H,1-4H3/b27-5+. The molecule has 0 saturated heterocycles. The van der Waals surface area contributed by atoms with E-state index in [1.165, 1.54) is 53.7 Å². The van der Waals surface area contributed by atoms with Gasteiger partial charge in [-0.25, -0.2) is 0 Å². The van der Waals surface area contributed by atoms with Gasteiger partial charge in [-0.15, -0.1) is 22.7 Å². The molecule has 0 amide bonds. The number of para-hydroxylation sites is 1. The number of thiophene rings is 2. The summed E-state index contributed by atoms with van der Waals surface area (Å²) >= 11 is 3.84. The van der Waals surface area contributed by atoms with Crippen molar-refractivity contribution in [3.8, 4) is 20.9 Å². The van der Waals surface area contributed by atoms with Gasteiger partial charge >= 0.3 is 0 Å². The van der Waals surface area contributed by atoms with Gasteiger partial charge in [0.25, 0.3) is 0 Å². The number of rotatable bonds is 8. The van der Waals surface area contributed by atoms with Crippen LogP contribution in [0.5, 0.6) is 0 Å². The van der Waals surface area contributed by atoms with Gasteiger partial charge in [-0.05, 0) is 94.9 Å². The summed E-state index contributed by atoms with van der Waals surface area (Å²) in [6.45, 7) is 6.86. The zero-order valence-corrected chi connectivity index (χ0v) is 30.1. The van der Waals surface area contributed by atoms with Gasteiger partial charge in [-0.2, -0.15) is 10.0 Å². The van der Waals surface area contributed by atoms with E-state index < -0.39 is 10.0 Å². The van der Waals surface area contributed by atoms with E-state index in [1.54, 1.807) is 9.79 Å². The lowest BCUT2D eigenvalue weighted by Gasteiger charge is -2.37. The Labute approximate surface area is 293 Å². The zero-order chi connectivity index (χ0) is 32.8. The van der Waals surface area contributed by atoms with Gasteiger partial charge in [0.2, 0.25) is 0 Å². The topological polar surface area (TPSA) is 6.48 Å². The van der Waals surface area contributed by atoms with E-state index in [0.29, 0.717) is 5.25 Å². The van der Waals surface area contributed by atoms with E-state index in [1.807, 2.05) is 22.7 Å². The van der Waals surface area contributed by atoms with Crippen molar-refractivity contribution in [2.45, 2.75) is 35.8 Å². The number of hydrogen-bond donors (Lipinski definition) is 0. The Balaban J connectivity index is 1.13. The van der Waals surface area contributed by atoms with Crippen LogP contribution in [-0.4, -0.2) is 11.5 Å². The minimum Gasteiger partial charge on any atom is -0.317 e. The Morgan fingerprint density at radius 2 is 1.29 bits per heavy atom. The molecule has 5 heteroatoms. The molecule has 0 spiro atoms. The summed E-state index contributed by atoms with van der Waals surface area (Å²) in [5.74, 6) is 0. The highest BCUT2D eigenvalue weighted by molar-refractivity contribution is 8.34. The second kappa shape index (κ2) is 12.5. The van der Waals surface area contributed by atoms with Crippen molar-refractivity contribution in [1.29, 1.82) is 0 Å². The number of fused-ring (bicyclic) bond motifs is 4. The summed E-state index contributed by atoms with van der Waals surface area (Å²) in [5.41, 5.74) is 7.06. The van der Waals surface area contributed by atoms with Crippen LogP contribution in [0.15, 0.2) is 161 Å². The lowest BCUT2D eigenvalue weighted by Crippen LogP contribution is -2.10. The first-order valence-corrected chi connectivity index (χ1v) is 20.2. The fraction of sp³-hybridized carbons (Fsp3) is 0.116. The Morgan fingerprint density at radius 3 is 2.00 bits per heavy atom. The third-order valence-corrected chi connectivity index (χ3v) is 16.4. The lowest BCUT2D eigenvalue weighted by atomic mass is 10.0. The first-order chi connectivity index (χ1) is 23.5. The van der Waals surface area contributed by atoms with Crippen LogP contribution in [0.25, 0.3) is 31.7 Å². The molecule has 7 aromatic rings. The predicted octanol–water partition coefficient (Wildman–Crippen LogP) is 14.0. The van der Waals surface area contributed by atoms with Crippen LogP contribution in [0.1, 0.15) is 20.8 Å². The molecule has 1 aliphatic rings. The minimum absolute atomic E-state index is 0.586. The van der Waals surface area contributed by atoms with Crippen molar-refractivity contribution < 1.29 is 0 Å². The fourth-order valence-corrected chi connectivity index (χ4v) is 13.4. The van der Waals surface area contributed by atoms with Crippen molar-refractivity contribution in [1.82, 2.24) is 0 Å². The van der Waals surface area contributed by atoms with Gasteiger partial charge in [0.05, 0.1) is 15.4 Å². The molecule has 2 nitrogen and oxygen atoms in total. The Hall–Kier alpha value is -4.55. The quantitative estimate of drug-likeness (QED) is 0.158. The summed E-state index contributed by atoms with van der Waals surface area (Å²) in [7, 11) is -1.07. The molecule has 0 fully saturated rings. The van der Waals surface area contributed by atoms with Crippen molar-refractivity contribution in [3.05, 3.63) is 151 Å². The van der Waals surface area contributed by atoms with Crippen LogP contribution >= 0.6 is 32.7 Å². The highest BCUT2D eigenvalue weighted by atomic mass is 32.3. The maximum atomic E-state index is 2.51. The van der Waals surface area contributed by atoms with Crippen LogP contribution in [0.3, 0.4) is 0 Å². The Bertz CT molecular complexity index is 2240. The molecule has 5 aromatic carbocycles. The average molecular weight is 679 g/mol. The monoisotopic (exact) mass is 678 g/mol. The van der Waals surface area contributed by atoms with Gasteiger partial charge in [0, 0.05) is 38.4 Å². The second-order valence-corrected chi connectivity index (χ2v) is 18.3. The van der Waals surface area contributed by atoms with E-state index in [-0.39, 0.29) is 0 Å². The molecule has 0 bridgehead atoms. The van der Waals surface area contributed by atoms with Crippen LogP contribution < -0.4 is 9.80 Å². The van der Waals surface area contributed by atoms with E-state index in [4.69, 9.17) is 0 Å². The average Bonchev–Trinajstić information content (AvgIpc) is 3.84. The van der Waals surface area contributed by atoms with Crippen molar-refractivity contribution in [2.24, 2.45) is 0 Å². The molecule has 8 rings (SSSR count). The first kappa shape index (κ1) is 30.8. The number of anilines is 5. The van der Waals surface area contributed by atoms with Crippen LogP contribution in [0, 0.1) is 0 Å². The molecule has 1 aliphatic heterocycles. The number of benzene rings is 5. The summed E-state index contributed by atoms with van der Waals surface area (Å²) in [4.78, 5) is 10.8. The van der Waals surface area contributed by atoms with Gasteiger partial charge in [0.15, 0.2) is 0 Å². The van der Waals surface area contributed by atoms with Crippen LogP contribution in [-0.2, 0) is 0 Å². The molecule has 1 atom stereocenters. The summed E-state index contributed by atoms with van der Waals surface area (Å²) in [5, 5.41) is 6.62. The molecular weight excluding hydrogens is 641 g/mol. The highest BCUT2D eigenvalue weighted by Crippen LogP contribution is 2.75. The summed E-state index contributed by atoms with van der Waals surface area (Å²) in [6, 6.07) is 48.7. The van der Waals surface area contributed by atoms with Gasteiger partial charge in [0.1, 0.15) is 5.00 Å². The largest absolute Gasteiger partial charge is 0.317 e. The number of nitrogens with zero attached hydrogens (tertiary/aromatic N) is 2. The fourth-order valence-electron chi connectivity index (χ4n) is 6.84. The molecule has 0 radical (unpaired) electrons. The second-order valence-electron chi connectivity index (χ2n) is 12.5. The molecule has 1 unspecified atom stereocenters.